The number of carbonyl (C=O) groups is 3. The lowest BCUT2D eigenvalue weighted by molar-refractivity contribution is -0.122. The number of anilines is 1. The molecule has 2 heterocycles. The van der Waals surface area contributed by atoms with Gasteiger partial charge >= 0.3 is 5.97 Å². The Balaban J connectivity index is 1.61. The number of benzene rings is 1. The number of esters is 1. The van der Waals surface area contributed by atoms with Gasteiger partial charge in [0.2, 0.25) is 11.8 Å². The molecular weight excluding hydrogens is 310 g/mol. The number of amides is 2. The van der Waals surface area contributed by atoms with Crippen LogP contribution in [0, 0.1) is 5.92 Å². The Kier molecular flexibility index (Phi) is 4.69. The van der Waals surface area contributed by atoms with Gasteiger partial charge < -0.3 is 20.7 Å². The van der Waals surface area contributed by atoms with Gasteiger partial charge in [0.25, 0.3) is 0 Å². The van der Waals surface area contributed by atoms with Crippen molar-refractivity contribution >= 4 is 23.5 Å². The van der Waals surface area contributed by atoms with Crippen LogP contribution in [0.2, 0.25) is 0 Å². The minimum absolute atomic E-state index is 0.0998. The highest BCUT2D eigenvalue weighted by Crippen LogP contribution is 2.23. The second kappa shape index (κ2) is 6.90. The summed E-state index contributed by atoms with van der Waals surface area (Å²) in [6, 6.07) is 7.10. The maximum Gasteiger partial charge on any atom is 0.338 e. The maximum atomic E-state index is 12.1. The number of ether oxygens (including phenoxy) is 1. The van der Waals surface area contributed by atoms with E-state index in [2.05, 4.69) is 10.2 Å². The largest absolute Gasteiger partial charge is 0.456 e. The number of nitrogens with two attached hydrogens (primary N) is 1. The van der Waals surface area contributed by atoms with Gasteiger partial charge in [0.1, 0.15) is 6.10 Å². The third-order valence-corrected chi connectivity index (χ3v) is 4.51. The van der Waals surface area contributed by atoms with Crippen LogP contribution >= 0.6 is 0 Å². The van der Waals surface area contributed by atoms with E-state index in [1.165, 1.54) is 0 Å². The molecule has 7 heteroatoms. The molecule has 1 aromatic carbocycles. The van der Waals surface area contributed by atoms with Gasteiger partial charge in [-0.05, 0) is 37.1 Å². The average Bonchev–Trinajstić information content (AvgIpc) is 3.00. The van der Waals surface area contributed by atoms with E-state index in [0.29, 0.717) is 18.7 Å². The Morgan fingerprint density at radius 1 is 1.25 bits per heavy atom. The highest BCUT2D eigenvalue weighted by Gasteiger charge is 2.26. The van der Waals surface area contributed by atoms with Crippen LogP contribution in [0.3, 0.4) is 0 Å². The van der Waals surface area contributed by atoms with E-state index in [-0.39, 0.29) is 24.2 Å². The Bertz CT molecular complexity index is 644. The van der Waals surface area contributed by atoms with E-state index in [0.717, 1.165) is 25.1 Å². The number of piperidine rings is 1. The number of rotatable bonds is 4. The summed E-state index contributed by atoms with van der Waals surface area (Å²) in [6.07, 6.45) is 1.56. The highest BCUT2D eigenvalue weighted by molar-refractivity contribution is 5.90. The van der Waals surface area contributed by atoms with Crippen LogP contribution < -0.4 is 16.0 Å². The Labute approximate surface area is 140 Å². The van der Waals surface area contributed by atoms with E-state index in [1.807, 2.05) is 12.1 Å². The summed E-state index contributed by atoms with van der Waals surface area (Å²) >= 11 is 0. The Hall–Kier alpha value is -2.57. The lowest BCUT2D eigenvalue weighted by Crippen LogP contribution is -2.41. The van der Waals surface area contributed by atoms with Crippen molar-refractivity contribution in [2.75, 3.05) is 24.5 Å². The highest BCUT2D eigenvalue weighted by atomic mass is 16.5. The van der Waals surface area contributed by atoms with Gasteiger partial charge in [-0.3, -0.25) is 9.59 Å². The van der Waals surface area contributed by atoms with Crippen molar-refractivity contribution in [3.63, 3.8) is 0 Å². The zero-order chi connectivity index (χ0) is 17.1. The lowest BCUT2D eigenvalue weighted by Gasteiger charge is -2.33. The minimum atomic E-state index is -0.434. The summed E-state index contributed by atoms with van der Waals surface area (Å²) in [6.45, 7) is 1.84. The van der Waals surface area contributed by atoms with Crippen LogP contribution in [0.25, 0.3) is 0 Å². The monoisotopic (exact) mass is 331 g/mol. The predicted molar refractivity (Wildman–Crippen MR) is 87.4 cm³/mol. The number of nitrogens with zero attached hydrogens (tertiary/aromatic N) is 1. The van der Waals surface area contributed by atoms with Gasteiger partial charge in [0.05, 0.1) is 24.4 Å². The predicted octanol–water partition coefficient (Wildman–Crippen LogP) is 0.434. The molecule has 2 atom stereocenters. The summed E-state index contributed by atoms with van der Waals surface area (Å²) in [5.74, 6) is -0.927. The van der Waals surface area contributed by atoms with E-state index in [9.17, 15) is 14.4 Å². The van der Waals surface area contributed by atoms with Gasteiger partial charge in [-0.1, -0.05) is 0 Å². The zero-order valence-corrected chi connectivity index (χ0v) is 13.4. The zero-order valence-electron chi connectivity index (χ0n) is 13.4. The number of carbonyl (C=O) groups excluding carboxylic acids is 3. The topological polar surface area (TPSA) is 102 Å². The van der Waals surface area contributed by atoms with Crippen LogP contribution in [0.5, 0.6) is 0 Å². The molecular formula is C17H21N3O4. The Morgan fingerprint density at radius 3 is 2.62 bits per heavy atom. The maximum absolute atomic E-state index is 12.1. The number of hydrogen-bond donors (Lipinski definition) is 2. The fourth-order valence-electron chi connectivity index (χ4n) is 3.13. The number of nitrogens with one attached hydrogen (secondary N) is 1. The fraction of sp³-hybridized carbons (Fsp3) is 0.471. The minimum Gasteiger partial charge on any atom is -0.456 e. The molecule has 2 fully saturated rings. The first-order chi connectivity index (χ1) is 11.5. The molecule has 128 valence electrons. The molecule has 0 saturated carbocycles. The third kappa shape index (κ3) is 3.67. The number of primary amides is 1. The summed E-state index contributed by atoms with van der Waals surface area (Å²) < 4.78 is 5.30. The molecule has 0 spiro atoms. The molecule has 2 aliphatic heterocycles. The van der Waals surface area contributed by atoms with E-state index < -0.39 is 12.1 Å². The Morgan fingerprint density at radius 2 is 2.00 bits per heavy atom. The van der Waals surface area contributed by atoms with Crippen LogP contribution in [-0.2, 0) is 14.3 Å². The quantitative estimate of drug-likeness (QED) is 0.779. The van der Waals surface area contributed by atoms with Crippen molar-refractivity contribution < 1.29 is 19.1 Å². The molecule has 7 nitrogen and oxygen atoms in total. The van der Waals surface area contributed by atoms with Crippen molar-refractivity contribution in [3.8, 4) is 0 Å². The fourth-order valence-corrected chi connectivity index (χ4v) is 3.13. The summed E-state index contributed by atoms with van der Waals surface area (Å²) in [7, 11) is 0. The molecule has 0 aromatic heterocycles. The second-order valence-corrected chi connectivity index (χ2v) is 6.27. The first-order valence-electron chi connectivity index (χ1n) is 8.15. The van der Waals surface area contributed by atoms with Crippen LogP contribution in [0.15, 0.2) is 24.3 Å². The molecule has 0 unspecified atom stereocenters. The molecule has 24 heavy (non-hydrogen) atoms. The van der Waals surface area contributed by atoms with E-state index in [1.54, 1.807) is 12.1 Å². The van der Waals surface area contributed by atoms with E-state index in [4.69, 9.17) is 10.5 Å². The summed E-state index contributed by atoms with van der Waals surface area (Å²) in [4.78, 5) is 36.7. The molecule has 0 radical (unpaired) electrons. The van der Waals surface area contributed by atoms with Gasteiger partial charge in [-0.25, -0.2) is 4.79 Å². The van der Waals surface area contributed by atoms with Crippen molar-refractivity contribution in [2.24, 2.45) is 11.7 Å². The van der Waals surface area contributed by atoms with Gasteiger partial charge in [0.15, 0.2) is 0 Å². The standard InChI is InChI=1S/C17H21N3O4/c18-16(22)12-2-1-7-20(10-12)13-5-3-11(4-6-13)17(23)24-14-8-15(21)19-9-14/h3-6,12,14H,1-2,7-10H2,(H2,18,22)(H,19,21)/t12-,14-/m0/s1. The smallest absolute Gasteiger partial charge is 0.338 e. The summed E-state index contributed by atoms with van der Waals surface area (Å²) in [5, 5.41) is 2.63. The molecule has 1 aromatic rings. The molecule has 3 rings (SSSR count). The van der Waals surface area contributed by atoms with Gasteiger partial charge in [-0.2, -0.15) is 0 Å². The van der Waals surface area contributed by atoms with Crippen molar-refractivity contribution in [3.05, 3.63) is 29.8 Å². The molecule has 2 saturated heterocycles. The molecule has 2 amide bonds. The third-order valence-electron chi connectivity index (χ3n) is 4.51. The normalized spacial score (nSPS) is 23.7. The lowest BCUT2D eigenvalue weighted by atomic mass is 9.97. The second-order valence-electron chi connectivity index (χ2n) is 6.27. The summed E-state index contributed by atoms with van der Waals surface area (Å²) in [5.41, 5.74) is 6.80. The van der Waals surface area contributed by atoms with Crippen LogP contribution in [-0.4, -0.2) is 43.5 Å². The molecule has 2 aliphatic rings. The van der Waals surface area contributed by atoms with E-state index >= 15 is 0 Å². The molecule has 3 N–H and O–H groups in total. The van der Waals surface area contributed by atoms with Crippen LogP contribution in [0.1, 0.15) is 29.6 Å². The van der Waals surface area contributed by atoms with Crippen LogP contribution in [0.4, 0.5) is 5.69 Å². The first-order valence-corrected chi connectivity index (χ1v) is 8.15. The van der Waals surface area contributed by atoms with Crippen molar-refractivity contribution in [2.45, 2.75) is 25.4 Å². The average molecular weight is 331 g/mol. The molecule has 0 bridgehead atoms. The first kappa shape index (κ1) is 16.3. The SMILES string of the molecule is NC(=O)[C@H]1CCCN(c2ccc(C(=O)O[C@@H]3CNC(=O)C3)cc2)C1. The van der Waals surface area contributed by atoms with Gasteiger partial charge in [0, 0.05) is 18.8 Å². The number of hydrogen-bond acceptors (Lipinski definition) is 5. The van der Waals surface area contributed by atoms with Gasteiger partial charge in [-0.15, -0.1) is 0 Å². The van der Waals surface area contributed by atoms with Crippen molar-refractivity contribution in [1.29, 1.82) is 0 Å². The van der Waals surface area contributed by atoms with Crippen molar-refractivity contribution in [1.82, 2.24) is 5.32 Å². The molecule has 0 aliphatic carbocycles.